The molecule has 204 valence electrons. The van der Waals surface area contributed by atoms with Gasteiger partial charge in [0.15, 0.2) is 11.5 Å². The fraction of sp³-hybridized carbons (Fsp3) is 0.562. The van der Waals surface area contributed by atoms with Crippen LogP contribution in [0.4, 0.5) is 0 Å². The molecule has 7 heteroatoms. The van der Waals surface area contributed by atoms with Gasteiger partial charge in [-0.2, -0.15) is 0 Å². The van der Waals surface area contributed by atoms with E-state index in [0.717, 1.165) is 60.8 Å². The molecule has 5 aliphatic carbocycles. The number of nitrogens with zero attached hydrogens (tertiary/aromatic N) is 3. The highest BCUT2D eigenvalue weighted by Crippen LogP contribution is 2.75. The molecule has 3 fully saturated rings. The molecule has 1 saturated heterocycles. The smallest absolute Gasteiger partial charge is 0.252 e. The monoisotopic (exact) mass is 527 g/mol. The van der Waals surface area contributed by atoms with Gasteiger partial charge in [0.05, 0.1) is 12.5 Å². The molecule has 2 aromatic rings. The molecule has 0 radical (unpaired) electrons. The number of ether oxygens (including phenoxy) is 3. The van der Waals surface area contributed by atoms with Gasteiger partial charge in [0, 0.05) is 62.2 Å². The van der Waals surface area contributed by atoms with Crippen molar-refractivity contribution in [2.75, 3.05) is 34.4 Å². The summed E-state index contributed by atoms with van der Waals surface area (Å²) in [6.45, 7) is 2.76. The van der Waals surface area contributed by atoms with Gasteiger partial charge in [-0.1, -0.05) is 12.1 Å². The maximum atomic E-state index is 14.4. The van der Waals surface area contributed by atoms with Crippen LogP contribution in [-0.4, -0.2) is 72.8 Å². The quantitative estimate of drug-likeness (QED) is 0.545. The first kappa shape index (κ1) is 23.9. The lowest BCUT2D eigenvalue weighted by Crippen LogP contribution is -2.78. The van der Waals surface area contributed by atoms with Crippen molar-refractivity contribution >= 4 is 5.91 Å². The zero-order valence-corrected chi connectivity index (χ0v) is 23.1. The third-order valence-corrected chi connectivity index (χ3v) is 11.1. The number of hydrogen-bond acceptors (Lipinski definition) is 6. The zero-order valence-electron chi connectivity index (χ0n) is 23.1. The van der Waals surface area contributed by atoms with E-state index in [1.165, 1.54) is 30.5 Å². The van der Waals surface area contributed by atoms with Crippen molar-refractivity contribution in [3.8, 4) is 11.5 Å². The van der Waals surface area contributed by atoms with Crippen LogP contribution < -0.4 is 9.47 Å². The Morgan fingerprint density at radius 1 is 1.15 bits per heavy atom. The number of carbonyl (C=O) groups excluding carboxylic acids is 1. The number of likely N-dealkylation sites (tertiary alicyclic amines) is 1. The lowest BCUT2D eigenvalue weighted by molar-refractivity contribution is -0.198. The molecule has 9 rings (SSSR count). The SMILES string of the molecule is COc1ccc2c3c1O[C@@H]1[C@]34CCN(CC3CC3)[C@H](C2)[C@@]42C=C(C(=O)N(C)Cc3ccncc3)[C@]1(OC)CC2. The molecule has 39 heavy (non-hydrogen) atoms. The fourth-order valence-electron chi connectivity index (χ4n) is 9.29. The predicted octanol–water partition coefficient (Wildman–Crippen LogP) is 3.89. The Morgan fingerprint density at radius 2 is 1.97 bits per heavy atom. The summed E-state index contributed by atoms with van der Waals surface area (Å²) in [7, 11) is 5.39. The maximum Gasteiger partial charge on any atom is 0.252 e. The Bertz CT molecular complexity index is 1390. The van der Waals surface area contributed by atoms with Gasteiger partial charge in [-0.05, 0) is 80.3 Å². The van der Waals surface area contributed by atoms with Gasteiger partial charge in [0.2, 0.25) is 0 Å². The van der Waals surface area contributed by atoms with Gasteiger partial charge in [-0.15, -0.1) is 0 Å². The molecule has 7 aliphatic rings. The van der Waals surface area contributed by atoms with Crippen molar-refractivity contribution in [3.05, 3.63) is 65.0 Å². The number of carbonyl (C=O) groups is 1. The predicted molar refractivity (Wildman–Crippen MR) is 146 cm³/mol. The van der Waals surface area contributed by atoms with Crippen LogP contribution in [0.3, 0.4) is 0 Å². The molecule has 5 atom stereocenters. The molecule has 2 spiro atoms. The van der Waals surface area contributed by atoms with E-state index in [0.29, 0.717) is 12.6 Å². The summed E-state index contributed by atoms with van der Waals surface area (Å²) in [6, 6.07) is 8.64. The Labute approximate surface area is 230 Å². The first-order valence-corrected chi connectivity index (χ1v) is 14.5. The molecule has 0 unspecified atom stereocenters. The van der Waals surface area contributed by atoms with E-state index in [2.05, 4.69) is 28.1 Å². The van der Waals surface area contributed by atoms with E-state index < -0.39 is 5.60 Å². The lowest BCUT2D eigenvalue weighted by Gasteiger charge is -2.70. The topological polar surface area (TPSA) is 64.1 Å². The second kappa shape index (κ2) is 8.07. The number of methoxy groups -OCH3 is 2. The summed E-state index contributed by atoms with van der Waals surface area (Å²) < 4.78 is 19.4. The Morgan fingerprint density at radius 3 is 2.72 bits per heavy atom. The molecular formula is C32H37N3O4. The van der Waals surface area contributed by atoms with Crippen LogP contribution in [0.2, 0.25) is 0 Å². The maximum absolute atomic E-state index is 14.4. The number of pyridine rings is 1. The molecule has 2 saturated carbocycles. The summed E-state index contributed by atoms with van der Waals surface area (Å²) >= 11 is 0. The lowest BCUT2D eigenvalue weighted by atomic mass is 9.37. The van der Waals surface area contributed by atoms with E-state index >= 15 is 0 Å². The zero-order chi connectivity index (χ0) is 26.6. The molecule has 2 aliphatic heterocycles. The van der Waals surface area contributed by atoms with Crippen molar-refractivity contribution in [2.24, 2.45) is 11.3 Å². The van der Waals surface area contributed by atoms with E-state index in [-0.39, 0.29) is 22.8 Å². The minimum Gasteiger partial charge on any atom is -0.493 e. The van der Waals surface area contributed by atoms with Crippen LogP contribution in [0.15, 0.2) is 48.3 Å². The number of amides is 1. The molecule has 1 amide bonds. The summed E-state index contributed by atoms with van der Waals surface area (Å²) in [6.07, 6.45) is 12.2. The van der Waals surface area contributed by atoms with Gasteiger partial charge >= 0.3 is 0 Å². The highest BCUT2D eigenvalue weighted by molar-refractivity contribution is 5.97. The second-order valence-electron chi connectivity index (χ2n) is 12.7. The van der Waals surface area contributed by atoms with Crippen molar-refractivity contribution in [1.29, 1.82) is 0 Å². The number of rotatable bonds is 7. The number of likely N-dealkylation sites (N-methyl/N-ethyl adjacent to an activating group) is 1. The van der Waals surface area contributed by atoms with Crippen molar-refractivity contribution in [3.63, 3.8) is 0 Å². The van der Waals surface area contributed by atoms with Crippen LogP contribution in [0.1, 0.15) is 48.8 Å². The highest BCUT2D eigenvalue weighted by atomic mass is 16.6. The Hall–Kier alpha value is -2.90. The average Bonchev–Trinajstić information content (AvgIpc) is 3.71. The molecule has 3 heterocycles. The van der Waals surface area contributed by atoms with Gasteiger partial charge < -0.3 is 19.1 Å². The van der Waals surface area contributed by atoms with Crippen LogP contribution in [0, 0.1) is 11.3 Å². The molecular weight excluding hydrogens is 490 g/mol. The number of fused-ring (bicyclic) bond motifs is 1. The van der Waals surface area contributed by atoms with Gasteiger partial charge in [0.1, 0.15) is 11.7 Å². The van der Waals surface area contributed by atoms with E-state index in [9.17, 15) is 4.79 Å². The molecule has 4 bridgehead atoms. The minimum atomic E-state index is -0.798. The van der Waals surface area contributed by atoms with Gasteiger partial charge in [-0.25, -0.2) is 0 Å². The number of piperidine rings is 1. The normalized spacial score (nSPS) is 35.2. The number of aromatic nitrogens is 1. The van der Waals surface area contributed by atoms with Gasteiger partial charge in [-0.3, -0.25) is 14.7 Å². The van der Waals surface area contributed by atoms with E-state index in [1.54, 1.807) is 26.6 Å². The van der Waals surface area contributed by atoms with Crippen molar-refractivity contribution in [2.45, 2.75) is 68.2 Å². The minimum absolute atomic E-state index is 0.0340. The van der Waals surface area contributed by atoms with Crippen molar-refractivity contribution < 1.29 is 19.0 Å². The Kier molecular flexibility index (Phi) is 4.96. The first-order valence-electron chi connectivity index (χ1n) is 14.5. The van der Waals surface area contributed by atoms with E-state index in [4.69, 9.17) is 14.2 Å². The summed E-state index contributed by atoms with van der Waals surface area (Å²) in [4.78, 5) is 23.1. The number of hydrogen-bond donors (Lipinski definition) is 0. The highest BCUT2D eigenvalue weighted by Gasteiger charge is 2.79. The van der Waals surface area contributed by atoms with Crippen LogP contribution in [-0.2, 0) is 27.9 Å². The average molecular weight is 528 g/mol. The Balaban J connectivity index is 1.30. The summed E-state index contributed by atoms with van der Waals surface area (Å²) in [5, 5.41) is 0. The largest absolute Gasteiger partial charge is 0.493 e. The van der Waals surface area contributed by atoms with Crippen LogP contribution in [0.25, 0.3) is 0 Å². The van der Waals surface area contributed by atoms with E-state index in [1.807, 2.05) is 24.1 Å². The molecule has 7 nitrogen and oxygen atoms in total. The molecule has 1 aromatic carbocycles. The third-order valence-electron chi connectivity index (χ3n) is 11.1. The third kappa shape index (κ3) is 2.90. The van der Waals surface area contributed by atoms with Crippen LogP contribution in [0.5, 0.6) is 11.5 Å². The summed E-state index contributed by atoms with van der Waals surface area (Å²) in [5.74, 6) is 2.53. The molecule has 1 aromatic heterocycles. The van der Waals surface area contributed by atoms with Gasteiger partial charge in [0.25, 0.3) is 5.91 Å². The van der Waals surface area contributed by atoms with Crippen molar-refractivity contribution in [1.82, 2.24) is 14.8 Å². The number of benzene rings is 1. The second-order valence-corrected chi connectivity index (χ2v) is 12.7. The van der Waals surface area contributed by atoms with Crippen LogP contribution >= 0.6 is 0 Å². The molecule has 0 N–H and O–H groups in total. The fourth-order valence-corrected chi connectivity index (χ4v) is 9.29. The summed E-state index contributed by atoms with van der Waals surface area (Å²) in [5.41, 5.74) is 3.39. The standard InChI is InChI=1S/C32H37N3O4/c1-34(18-21-8-13-33-14-9-21)28(36)23-17-30-10-11-32(23,38-3)29-31(30)12-15-35(19-20-4-5-20)25(30)16-22-6-7-24(37-2)27(39-29)26(22)31/h6-9,13-14,17,20,25,29H,4-5,10-12,15-16,18-19H2,1-3H3/t25-,29-,30-,31+,32-/m1/s1. The first-order chi connectivity index (χ1) is 19.0.